The molecule has 0 aromatic heterocycles. The van der Waals surface area contributed by atoms with Crippen molar-refractivity contribution >= 4 is 41.4 Å². The molecule has 194 valence electrons. The van der Waals surface area contributed by atoms with Crippen molar-refractivity contribution in [2.75, 3.05) is 18.6 Å². The van der Waals surface area contributed by atoms with E-state index in [1.807, 2.05) is 6.26 Å². The first-order valence-corrected chi connectivity index (χ1v) is 11.9. The van der Waals surface area contributed by atoms with Crippen LogP contribution in [0.3, 0.4) is 0 Å². The van der Waals surface area contributed by atoms with Crippen LogP contribution in [-0.4, -0.2) is 92.9 Å². The summed E-state index contributed by atoms with van der Waals surface area (Å²) in [5.74, 6) is -5.13. The number of aliphatic carboxylic acids is 2. The molecular formula is C21H30N4O9S. The summed E-state index contributed by atoms with van der Waals surface area (Å²) in [5.41, 5.74) is 6.22. The molecule has 0 aliphatic heterocycles. The van der Waals surface area contributed by atoms with Gasteiger partial charge in [-0.2, -0.15) is 11.8 Å². The zero-order valence-corrected chi connectivity index (χ0v) is 19.8. The van der Waals surface area contributed by atoms with Crippen molar-refractivity contribution < 1.29 is 44.4 Å². The van der Waals surface area contributed by atoms with Gasteiger partial charge in [-0.1, -0.05) is 12.1 Å². The second kappa shape index (κ2) is 14.8. The summed E-state index contributed by atoms with van der Waals surface area (Å²) in [7, 11) is 0. The van der Waals surface area contributed by atoms with Crippen molar-refractivity contribution in [3.8, 4) is 5.75 Å². The Hall–Kier alpha value is -3.36. The Bertz CT molecular complexity index is 897. The third-order valence-corrected chi connectivity index (χ3v) is 5.43. The lowest BCUT2D eigenvalue weighted by Crippen LogP contribution is -2.58. The molecule has 0 aliphatic carbocycles. The van der Waals surface area contributed by atoms with Gasteiger partial charge in [-0.05, 0) is 36.1 Å². The number of thioether (sulfide) groups is 1. The number of phenols is 1. The second-order valence-corrected chi connectivity index (χ2v) is 8.55. The molecule has 1 aromatic rings. The first-order valence-electron chi connectivity index (χ1n) is 10.5. The molecule has 0 aliphatic rings. The van der Waals surface area contributed by atoms with Crippen molar-refractivity contribution in [2.24, 2.45) is 5.73 Å². The van der Waals surface area contributed by atoms with Gasteiger partial charge in [0.25, 0.3) is 0 Å². The van der Waals surface area contributed by atoms with Crippen LogP contribution in [0.25, 0.3) is 0 Å². The number of aliphatic hydroxyl groups excluding tert-OH is 1. The number of hydrogen-bond acceptors (Lipinski definition) is 9. The highest BCUT2D eigenvalue weighted by Gasteiger charge is 2.31. The topological polar surface area (TPSA) is 228 Å². The molecule has 0 spiro atoms. The lowest BCUT2D eigenvalue weighted by molar-refractivity contribution is -0.143. The molecule has 3 amide bonds. The van der Waals surface area contributed by atoms with Crippen molar-refractivity contribution in [2.45, 2.75) is 43.4 Å². The monoisotopic (exact) mass is 514 g/mol. The smallest absolute Gasteiger partial charge is 0.326 e. The number of carboxylic acids is 2. The Morgan fingerprint density at radius 2 is 1.46 bits per heavy atom. The predicted molar refractivity (Wildman–Crippen MR) is 126 cm³/mol. The van der Waals surface area contributed by atoms with Gasteiger partial charge in [0.15, 0.2) is 0 Å². The number of nitrogens with one attached hydrogen (secondary N) is 3. The van der Waals surface area contributed by atoms with E-state index in [1.165, 1.54) is 36.0 Å². The predicted octanol–water partition coefficient (Wildman–Crippen LogP) is -1.98. The quantitative estimate of drug-likeness (QED) is 0.128. The van der Waals surface area contributed by atoms with Crippen LogP contribution in [0.4, 0.5) is 0 Å². The molecular weight excluding hydrogens is 484 g/mol. The van der Waals surface area contributed by atoms with Gasteiger partial charge < -0.3 is 42.1 Å². The second-order valence-electron chi connectivity index (χ2n) is 7.56. The summed E-state index contributed by atoms with van der Waals surface area (Å²) in [5, 5.41) is 44.0. The van der Waals surface area contributed by atoms with Crippen LogP contribution >= 0.6 is 11.8 Å². The summed E-state index contributed by atoms with van der Waals surface area (Å²) in [4.78, 5) is 60.1. The molecule has 0 saturated carbocycles. The molecule has 0 fully saturated rings. The lowest BCUT2D eigenvalue weighted by Gasteiger charge is -2.23. The fourth-order valence-electron chi connectivity index (χ4n) is 2.85. The lowest BCUT2D eigenvalue weighted by atomic mass is 10.1. The summed E-state index contributed by atoms with van der Waals surface area (Å²) in [6.07, 6.45) is 1.13. The number of nitrogens with two attached hydrogens (primary N) is 1. The first kappa shape index (κ1) is 29.7. The van der Waals surface area contributed by atoms with Crippen molar-refractivity contribution in [3.63, 3.8) is 0 Å². The fraction of sp³-hybridized carbons (Fsp3) is 0.476. The molecule has 4 atom stereocenters. The summed E-state index contributed by atoms with van der Waals surface area (Å²) >= 11 is 1.45. The van der Waals surface area contributed by atoms with E-state index in [2.05, 4.69) is 16.0 Å². The Morgan fingerprint density at radius 1 is 0.914 bits per heavy atom. The number of aliphatic hydroxyl groups is 1. The maximum absolute atomic E-state index is 12.6. The molecule has 0 radical (unpaired) electrons. The molecule has 0 heterocycles. The van der Waals surface area contributed by atoms with Gasteiger partial charge in [-0.15, -0.1) is 0 Å². The maximum Gasteiger partial charge on any atom is 0.326 e. The summed E-state index contributed by atoms with van der Waals surface area (Å²) < 4.78 is 0. The van der Waals surface area contributed by atoms with E-state index in [4.69, 9.17) is 10.8 Å². The van der Waals surface area contributed by atoms with Crippen LogP contribution in [0.5, 0.6) is 5.75 Å². The highest BCUT2D eigenvalue weighted by molar-refractivity contribution is 7.98. The molecule has 4 unspecified atom stereocenters. The maximum atomic E-state index is 12.6. The number of rotatable bonds is 15. The van der Waals surface area contributed by atoms with Crippen molar-refractivity contribution in [1.82, 2.24) is 16.0 Å². The first-order chi connectivity index (χ1) is 16.5. The van der Waals surface area contributed by atoms with Gasteiger partial charge in [-0.3, -0.25) is 19.2 Å². The Balaban J connectivity index is 2.86. The van der Waals surface area contributed by atoms with Crippen LogP contribution in [0.2, 0.25) is 0 Å². The molecule has 13 nitrogen and oxygen atoms in total. The molecule has 1 rings (SSSR count). The Kier molecular flexibility index (Phi) is 12.6. The highest BCUT2D eigenvalue weighted by Crippen LogP contribution is 2.11. The van der Waals surface area contributed by atoms with E-state index in [0.29, 0.717) is 11.3 Å². The highest BCUT2D eigenvalue weighted by atomic mass is 32.2. The van der Waals surface area contributed by atoms with Gasteiger partial charge >= 0.3 is 11.9 Å². The molecule has 35 heavy (non-hydrogen) atoms. The van der Waals surface area contributed by atoms with Gasteiger partial charge in [0.2, 0.25) is 17.7 Å². The summed E-state index contributed by atoms with van der Waals surface area (Å²) in [6, 6.07) is -0.0102. The van der Waals surface area contributed by atoms with E-state index in [0.717, 1.165) is 0 Å². The number of benzene rings is 1. The number of phenolic OH excluding ortho intramolecular Hbond substituents is 1. The largest absolute Gasteiger partial charge is 0.508 e. The van der Waals surface area contributed by atoms with E-state index in [1.54, 1.807) is 0 Å². The molecule has 0 saturated heterocycles. The van der Waals surface area contributed by atoms with Crippen molar-refractivity contribution in [1.29, 1.82) is 0 Å². The molecule has 0 bridgehead atoms. The van der Waals surface area contributed by atoms with Gasteiger partial charge in [0.1, 0.15) is 23.9 Å². The zero-order valence-electron chi connectivity index (χ0n) is 19.0. The minimum Gasteiger partial charge on any atom is -0.508 e. The number of aromatic hydroxyl groups is 1. The van der Waals surface area contributed by atoms with Crippen LogP contribution in [0, 0.1) is 0 Å². The van der Waals surface area contributed by atoms with Gasteiger partial charge in [0, 0.05) is 6.42 Å². The Morgan fingerprint density at radius 3 is 1.97 bits per heavy atom. The van der Waals surface area contributed by atoms with E-state index < -0.39 is 66.9 Å². The number of carboxylic acid groups (broad SMARTS) is 2. The van der Waals surface area contributed by atoms with Crippen LogP contribution in [0.1, 0.15) is 18.4 Å². The Labute approximate surface area is 205 Å². The van der Waals surface area contributed by atoms with Gasteiger partial charge in [-0.25, -0.2) is 4.79 Å². The number of carbonyl (C=O) groups excluding carboxylic acids is 3. The average molecular weight is 515 g/mol. The molecule has 14 heteroatoms. The van der Waals surface area contributed by atoms with Crippen LogP contribution < -0.4 is 21.7 Å². The molecule has 9 N–H and O–H groups in total. The number of hydrogen-bond donors (Lipinski definition) is 8. The van der Waals surface area contributed by atoms with E-state index >= 15 is 0 Å². The SMILES string of the molecule is CSCCC(N)C(=O)NC(CC(=O)O)C(=O)NC(CO)C(=O)NC(Cc1ccc(O)cc1)C(=O)O. The fourth-order valence-corrected chi connectivity index (χ4v) is 3.33. The number of amides is 3. The minimum atomic E-state index is -1.62. The van der Waals surface area contributed by atoms with E-state index in [9.17, 15) is 39.3 Å². The normalized spacial score (nSPS) is 14.1. The average Bonchev–Trinajstić information content (AvgIpc) is 2.80. The molecule has 1 aromatic carbocycles. The standard InChI is InChI=1S/C21H30N4O9S/c1-35-7-6-13(22)18(30)23-14(9-17(28)29)19(31)25-16(10-26)20(32)24-15(21(33)34)8-11-2-4-12(27)5-3-11/h2-5,13-16,26-27H,6-10,22H2,1H3,(H,23,30)(H,24,32)(H,25,31)(H,28,29)(H,33,34). The van der Waals surface area contributed by atoms with Crippen LogP contribution in [-0.2, 0) is 30.4 Å². The third kappa shape index (κ3) is 10.6. The third-order valence-electron chi connectivity index (χ3n) is 4.79. The minimum absolute atomic E-state index is 0.0269. The van der Waals surface area contributed by atoms with E-state index in [-0.39, 0.29) is 18.6 Å². The van der Waals surface area contributed by atoms with Gasteiger partial charge in [0.05, 0.1) is 19.1 Å². The zero-order chi connectivity index (χ0) is 26.5. The summed E-state index contributed by atoms with van der Waals surface area (Å²) in [6.45, 7) is -0.926. The number of carbonyl (C=O) groups is 5. The van der Waals surface area contributed by atoms with Crippen molar-refractivity contribution in [3.05, 3.63) is 29.8 Å². The van der Waals surface area contributed by atoms with Crippen LogP contribution in [0.15, 0.2) is 24.3 Å².